The second kappa shape index (κ2) is 6.65. The van der Waals surface area contributed by atoms with Gasteiger partial charge in [-0.05, 0) is 51.0 Å². The second-order valence-corrected chi connectivity index (χ2v) is 9.21. The lowest BCUT2D eigenvalue weighted by Crippen LogP contribution is -2.29. The highest BCUT2D eigenvalue weighted by Gasteiger charge is 2.27. The number of benzene rings is 2. The molecular formula is C21H24N2O2S. The number of nitrogens with zero attached hydrogens (tertiary/aromatic N) is 1. The van der Waals surface area contributed by atoms with Crippen molar-refractivity contribution in [2.24, 2.45) is 0 Å². The molecule has 0 aliphatic heterocycles. The van der Waals surface area contributed by atoms with Gasteiger partial charge in [-0.15, -0.1) is 0 Å². The van der Waals surface area contributed by atoms with Crippen LogP contribution in [0.2, 0.25) is 0 Å². The third-order valence-corrected chi connectivity index (χ3v) is 5.69. The highest BCUT2D eigenvalue weighted by atomic mass is 32.2. The fourth-order valence-corrected chi connectivity index (χ4v) is 4.34. The molecule has 0 aliphatic rings. The molecule has 0 amide bonds. The highest BCUT2D eigenvalue weighted by Crippen LogP contribution is 2.37. The normalized spacial score (nSPS) is 12.2. The zero-order valence-electron chi connectivity index (χ0n) is 15.5. The van der Waals surface area contributed by atoms with Crippen LogP contribution in [-0.2, 0) is 10.0 Å². The molecule has 0 aliphatic carbocycles. The molecule has 0 unspecified atom stereocenters. The Morgan fingerprint density at radius 2 is 1.42 bits per heavy atom. The maximum atomic E-state index is 13.3. The maximum Gasteiger partial charge on any atom is 0.269 e. The number of nitrogens with one attached hydrogen (secondary N) is 1. The number of hydrogen-bond donors (Lipinski definition) is 1. The summed E-state index contributed by atoms with van der Waals surface area (Å²) in [6, 6.07) is 18.4. The first kappa shape index (κ1) is 18.3. The molecule has 0 bridgehead atoms. The largest absolute Gasteiger partial charge is 0.366 e. The van der Waals surface area contributed by atoms with Gasteiger partial charge in [0.05, 0.1) is 4.90 Å². The van der Waals surface area contributed by atoms with Crippen molar-refractivity contribution in [3.05, 3.63) is 72.4 Å². The summed E-state index contributed by atoms with van der Waals surface area (Å²) in [5.41, 5.74) is 2.50. The van der Waals surface area contributed by atoms with E-state index < -0.39 is 10.0 Å². The standard InChI is InChI=1S/C21H24N2O2S/c1-16-15-23(26(24,25)18-13-9-6-10-14-18)20(22-21(2,3)4)19(16)17-11-7-5-8-12-17/h5-15,22H,1-4H3. The lowest BCUT2D eigenvalue weighted by Gasteiger charge is -2.25. The minimum atomic E-state index is -3.70. The molecule has 136 valence electrons. The van der Waals surface area contributed by atoms with Crippen LogP contribution in [0.1, 0.15) is 26.3 Å². The zero-order chi connectivity index (χ0) is 18.9. The summed E-state index contributed by atoms with van der Waals surface area (Å²) in [4.78, 5) is 0.270. The van der Waals surface area contributed by atoms with Crippen LogP contribution in [0.3, 0.4) is 0 Å². The van der Waals surface area contributed by atoms with Crippen LogP contribution < -0.4 is 5.32 Å². The van der Waals surface area contributed by atoms with Crippen LogP contribution in [0.25, 0.3) is 11.1 Å². The molecule has 0 spiro atoms. The van der Waals surface area contributed by atoms with E-state index in [1.807, 2.05) is 64.1 Å². The minimum absolute atomic E-state index is 0.270. The van der Waals surface area contributed by atoms with Crippen LogP contribution in [-0.4, -0.2) is 17.9 Å². The van der Waals surface area contributed by atoms with E-state index in [0.717, 1.165) is 16.7 Å². The molecule has 1 aromatic heterocycles. The summed E-state index contributed by atoms with van der Waals surface area (Å²) in [5.74, 6) is 0.588. The van der Waals surface area contributed by atoms with Gasteiger partial charge in [0.25, 0.3) is 10.0 Å². The van der Waals surface area contributed by atoms with Gasteiger partial charge in [-0.3, -0.25) is 0 Å². The molecule has 1 N–H and O–H groups in total. The van der Waals surface area contributed by atoms with Crippen molar-refractivity contribution in [1.82, 2.24) is 3.97 Å². The highest BCUT2D eigenvalue weighted by molar-refractivity contribution is 7.90. The van der Waals surface area contributed by atoms with Gasteiger partial charge in [0.2, 0.25) is 0 Å². The van der Waals surface area contributed by atoms with Crippen molar-refractivity contribution in [1.29, 1.82) is 0 Å². The Hall–Kier alpha value is -2.53. The number of rotatable bonds is 4. The van der Waals surface area contributed by atoms with E-state index in [9.17, 15) is 8.42 Å². The number of aryl methyl sites for hydroxylation is 1. The molecule has 0 saturated heterocycles. The van der Waals surface area contributed by atoms with E-state index in [0.29, 0.717) is 5.82 Å². The summed E-state index contributed by atoms with van der Waals surface area (Å²) in [7, 11) is -3.70. The summed E-state index contributed by atoms with van der Waals surface area (Å²) < 4.78 is 27.9. The quantitative estimate of drug-likeness (QED) is 0.712. The van der Waals surface area contributed by atoms with Gasteiger partial charge in [0, 0.05) is 17.3 Å². The van der Waals surface area contributed by atoms with E-state index in [1.54, 1.807) is 30.5 Å². The summed E-state index contributed by atoms with van der Waals surface area (Å²) >= 11 is 0. The van der Waals surface area contributed by atoms with Crippen molar-refractivity contribution in [3.8, 4) is 11.1 Å². The summed E-state index contributed by atoms with van der Waals surface area (Å²) in [6.45, 7) is 7.99. The third kappa shape index (κ3) is 3.53. The predicted molar refractivity (Wildman–Crippen MR) is 107 cm³/mol. The van der Waals surface area contributed by atoms with Gasteiger partial charge in [-0.2, -0.15) is 0 Å². The fraction of sp³-hybridized carbons (Fsp3) is 0.238. The Bertz CT molecular complexity index is 999. The van der Waals surface area contributed by atoms with Crippen molar-refractivity contribution in [2.75, 3.05) is 5.32 Å². The molecule has 3 rings (SSSR count). The van der Waals surface area contributed by atoms with Crippen molar-refractivity contribution in [2.45, 2.75) is 38.1 Å². The topological polar surface area (TPSA) is 51.1 Å². The van der Waals surface area contributed by atoms with Gasteiger partial charge < -0.3 is 5.32 Å². The molecular weight excluding hydrogens is 344 g/mol. The molecule has 4 nitrogen and oxygen atoms in total. The third-order valence-electron chi connectivity index (χ3n) is 4.02. The van der Waals surface area contributed by atoms with Crippen molar-refractivity contribution in [3.63, 3.8) is 0 Å². The van der Waals surface area contributed by atoms with Crippen LogP contribution in [0.4, 0.5) is 5.82 Å². The smallest absolute Gasteiger partial charge is 0.269 e. The average Bonchev–Trinajstić information content (AvgIpc) is 2.91. The minimum Gasteiger partial charge on any atom is -0.366 e. The number of anilines is 1. The second-order valence-electron chi connectivity index (χ2n) is 7.39. The van der Waals surface area contributed by atoms with E-state index in [2.05, 4.69) is 5.32 Å². The molecule has 2 aromatic carbocycles. The van der Waals surface area contributed by atoms with E-state index >= 15 is 0 Å². The summed E-state index contributed by atoms with van der Waals surface area (Å²) in [6.07, 6.45) is 1.69. The van der Waals surface area contributed by atoms with Crippen LogP contribution in [0.15, 0.2) is 71.8 Å². The first-order valence-electron chi connectivity index (χ1n) is 8.56. The predicted octanol–water partition coefficient (Wildman–Crippen LogP) is 4.91. The Balaban J connectivity index is 2.27. The Morgan fingerprint density at radius 3 is 1.96 bits per heavy atom. The zero-order valence-corrected chi connectivity index (χ0v) is 16.3. The summed E-state index contributed by atoms with van der Waals surface area (Å²) in [5, 5.41) is 3.40. The number of hydrogen-bond acceptors (Lipinski definition) is 3. The molecule has 26 heavy (non-hydrogen) atoms. The van der Waals surface area contributed by atoms with Gasteiger partial charge >= 0.3 is 0 Å². The molecule has 0 atom stereocenters. The molecule has 1 heterocycles. The molecule has 0 fully saturated rings. The van der Waals surface area contributed by atoms with E-state index in [-0.39, 0.29) is 10.4 Å². The SMILES string of the molecule is Cc1cn(S(=O)(=O)c2ccccc2)c(NC(C)(C)C)c1-c1ccccc1. The van der Waals surface area contributed by atoms with Gasteiger partial charge in [0.1, 0.15) is 5.82 Å². The maximum absolute atomic E-state index is 13.3. The van der Waals surface area contributed by atoms with E-state index in [4.69, 9.17) is 0 Å². The van der Waals surface area contributed by atoms with Crippen LogP contribution in [0, 0.1) is 6.92 Å². The Labute approximate surface area is 155 Å². The molecule has 0 saturated carbocycles. The molecule has 3 aromatic rings. The van der Waals surface area contributed by atoms with Crippen LogP contribution >= 0.6 is 0 Å². The molecule has 0 radical (unpaired) electrons. The van der Waals surface area contributed by atoms with Crippen molar-refractivity contribution < 1.29 is 8.42 Å². The van der Waals surface area contributed by atoms with Gasteiger partial charge in [-0.1, -0.05) is 48.5 Å². The first-order valence-corrected chi connectivity index (χ1v) is 10.0. The van der Waals surface area contributed by atoms with Gasteiger partial charge in [0.15, 0.2) is 0 Å². The van der Waals surface area contributed by atoms with Gasteiger partial charge in [-0.25, -0.2) is 12.4 Å². The fourth-order valence-electron chi connectivity index (χ4n) is 2.94. The van der Waals surface area contributed by atoms with Crippen LogP contribution in [0.5, 0.6) is 0 Å². The monoisotopic (exact) mass is 368 g/mol. The molecule has 5 heteroatoms. The van der Waals surface area contributed by atoms with E-state index in [1.165, 1.54) is 3.97 Å². The first-order chi connectivity index (χ1) is 12.2. The lowest BCUT2D eigenvalue weighted by molar-refractivity contribution is 0.585. The Morgan fingerprint density at radius 1 is 0.885 bits per heavy atom. The van der Waals surface area contributed by atoms with Crippen molar-refractivity contribution >= 4 is 15.8 Å². The lowest BCUT2D eigenvalue weighted by atomic mass is 10.0. The Kier molecular flexibility index (Phi) is 4.67. The average molecular weight is 369 g/mol. The number of aromatic nitrogens is 1.